The first-order valence-corrected chi connectivity index (χ1v) is 5.53. The van der Waals surface area contributed by atoms with Crippen molar-refractivity contribution < 1.29 is 4.74 Å². The van der Waals surface area contributed by atoms with Gasteiger partial charge in [-0.2, -0.15) is 0 Å². The maximum absolute atomic E-state index is 5.56. The molecule has 0 atom stereocenters. The zero-order chi connectivity index (χ0) is 9.31. The molecule has 0 bridgehead atoms. The molecule has 0 unspecified atom stereocenters. The molecule has 0 heterocycles. The Morgan fingerprint density at radius 2 is 2.08 bits per heavy atom. The van der Waals surface area contributed by atoms with Gasteiger partial charge in [-0.05, 0) is 38.0 Å². The van der Waals surface area contributed by atoms with E-state index < -0.39 is 0 Å². The van der Waals surface area contributed by atoms with Crippen molar-refractivity contribution in [1.82, 2.24) is 5.32 Å². The van der Waals surface area contributed by atoms with Gasteiger partial charge in [0.15, 0.2) is 0 Å². The summed E-state index contributed by atoms with van der Waals surface area (Å²) < 4.78 is 5.56. The Labute approximate surface area is 81.0 Å². The predicted molar refractivity (Wildman–Crippen MR) is 53.8 cm³/mol. The molecule has 76 valence electrons. The number of hydrogen-bond acceptors (Lipinski definition) is 2. The van der Waals surface area contributed by atoms with Gasteiger partial charge in [0.2, 0.25) is 0 Å². The summed E-state index contributed by atoms with van der Waals surface area (Å²) >= 11 is 0. The minimum atomic E-state index is 0.207. The summed E-state index contributed by atoms with van der Waals surface area (Å²) in [5.41, 5.74) is 0.207. The van der Waals surface area contributed by atoms with Gasteiger partial charge in [0.25, 0.3) is 0 Å². The van der Waals surface area contributed by atoms with Crippen LogP contribution in [0.3, 0.4) is 0 Å². The first-order chi connectivity index (χ1) is 6.24. The van der Waals surface area contributed by atoms with Gasteiger partial charge in [-0.25, -0.2) is 0 Å². The van der Waals surface area contributed by atoms with Crippen LogP contribution in [0.25, 0.3) is 0 Å². The molecule has 0 saturated heterocycles. The van der Waals surface area contributed by atoms with Crippen molar-refractivity contribution in [3.05, 3.63) is 0 Å². The van der Waals surface area contributed by atoms with Crippen LogP contribution in [-0.2, 0) is 4.74 Å². The molecule has 2 rings (SSSR count). The fourth-order valence-electron chi connectivity index (χ4n) is 2.42. The molecule has 0 aliphatic heterocycles. The van der Waals surface area contributed by atoms with Crippen LogP contribution in [0, 0.1) is 5.92 Å². The summed E-state index contributed by atoms with van der Waals surface area (Å²) in [4.78, 5) is 0. The van der Waals surface area contributed by atoms with E-state index in [1.165, 1.54) is 32.1 Å². The molecule has 2 saturated carbocycles. The minimum Gasteiger partial charge on any atom is -0.377 e. The van der Waals surface area contributed by atoms with Crippen molar-refractivity contribution in [1.29, 1.82) is 0 Å². The normalized spacial score (nSPS) is 36.5. The summed E-state index contributed by atoms with van der Waals surface area (Å²) in [6.07, 6.45) is 6.56. The average Bonchev–Trinajstić information content (AvgIpc) is 1.99. The Kier molecular flexibility index (Phi) is 2.61. The van der Waals surface area contributed by atoms with Gasteiger partial charge >= 0.3 is 0 Å². The lowest BCUT2D eigenvalue weighted by atomic mass is 9.78. The van der Waals surface area contributed by atoms with Crippen LogP contribution < -0.4 is 5.32 Å². The number of methoxy groups -OCH3 is 1. The third-order valence-corrected chi connectivity index (χ3v) is 3.78. The molecule has 2 aliphatic rings. The molecule has 0 aromatic heterocycles. The molecule has 2 nitrogen and oxygen atoms in total. The van der Waals surface area contributed by atoms with E-state index in [0.29, 0.717) is 0 Å². The maximum Gasteiger partial charge on any atom is 0.0802 e. The number of hydrogen-bond donors (Lipinski definition) is 1. The monoisotopic (exact) mass is 183 g/mol. The van der Waals surface area contributed by atoms with Crippen molar-refractivity contribution in [3.63, 3.8) is 0 Å². The Balaban J connectivity index is 1.66. The van der Waals surface area contributed by atoms with Crippen LogP contribution >= 0.6 is 0 Å². The fraction of sp³-hybridized carbons (Fsp3) is 1.00. The van der Waals surface area contributed by atoms with Crippen LogP contribution in [0.5, 0.6) is 0 Å². The fourth-order valence-corrected chi connectivity index (χ4v) is 2.42. The second-order valence-corrected chi connectivity index (χ2v) is 4.90. The predicted octanol–water partition coefficient (Wildman–Crippen LogP) is 1.94. The smallest absolute Gasteiger partial charge is 0.0802 e. The van der Waals surface area contributed by atoms with Crippen LogP contribution in [0.1, 0.15) is 39.0 Å². The van der Waals surface area contributed by atoms with Crippen molar-refractivity contribution in [2.24, 2.45) is 5.92 Å². The molecule has 2 fully saturated rings. The standard InChI is InChI=1S/C11H21NO/c1-9-6-10(7-9)12-8-11(13-2)4-3-5-11/h9-10,12H,3-8H2,1-2H3. The average molecular weight is 183 g/mol. The lowest BCUT2D eigenvalue weighted by Gasteiger charge is -2.43. The molecule has 0 radical (unpaired) electrons. The molecule has 0 aromatic carbocycles. The third-order valence-electron chi connectivity index (χ3n) is 3.78. The molecular weight excluding hydrogens is 162 g/mol. The van der Waals surface area contributed by atoms with Gasteiger partial charge in [0.1, 0.15) is 0 Å². The van der Waals surface area contributed by atoms with E-state index in [0.717, 1.165) is 18.5 Å². The Hall–Kier alpha value is -0.0800. The molecule has 2 heteroatoms. The van der Waals surface area contributed by atoms with Gasteiger partial charge in [-0.3, -0.25) is 0 Å². The summed E-state index contributed by atoms with van der Waals surface area (Å²) in [7, 11) is 1.85. The third kappa shape index (κ3) is 1.89. The zero-order valence-corrected chi connectivity index (χ0v) is 8.81. The molecule has 0 aromatic rings. The first-order valence-electron chi connectivity index (χ1n) is 5.53. The lowest BCUT2D eigenvalue weighted by Crippen LogP contribution is -2.52. The van der Waals surface area contributed by atoms with Crippen molar-refractivity contribution in [3.8, 4) is 0 Å². The van der Waals surface area contributed by atoms with Crippen LogP contribution in [-0.4, -0.2) is 25.3 Å². The second kappa shape index (κ2) is 3.58. The largest absolute Gasteiger partial charge is 0.377 e. The van der Waals surface area contributed by atoms with E-state index in [9.17, 15) is 0 Å². The molecule has 13 heavy (non-hydrogen) atoms. The summed E-state index contributed by atoms with van der Waals surface area (Å²) in [5, 5.41) is 3.62. The van der Waals surface area contributed by atoms with Gasteiger partial charge in [-0.15, -0.1) is 0 Å². The van der Waals surface area contributed by atoms with E-state index in [2.05, 4.69) is 12.2 Å². The SMILES string of the molecule is COC1(CNC2CC(C)C2)CCC1. The molecule has 0 amide bonds. The molecule has 2 aliphatic carbocycles. The van der Waals surface area contributed by atoms with Crippen LogP contribution in [0.2, 0.25) is 0 Å². The number of ether oxygens (including phenoxy) is 1. The second-order valence-electron chi connectivity index (χ2n) is 4.90. The topological polar surface area (TPSA) is 21.3 Å². The number of rotatable bonds is 4. The van der Waals surface area contributed by atoms with E-state index in [4.69, 9.17) is 4.74 Å². The van der Waals surface area contributed by atoms with Crippen molar-refractivity contribution in [2.75, 3.05) is 13.7 Å². The van der Waals surface area contributed by atoms with E-state index in [1.54, 1.807) is 0 Å². The van der Waals surface area contributed by atoms with Gasteiger partial charge in [0.05, 0.1) is 5.60 Å². The van der Waals surface area contributed by atoms with E-state index >= 15 is 0 Å². The van der Waals surface area contributed by atoms with Crippen molar-refractivity contribution in [2.45, 2.75) is 50.7 Å². The van der Waals surface area contributed by atoms with E-state index in [1.807, 2.05) is 7.11 Å². The molecule has 1 N–H and O–H groups in total. The van der Waals surface area contributed by atoms with E-state index in [-0.39, 0.29) is 5.60 Å². The Morgan fingerprint density at radius 3 is 2.46 bits per heavy atom. The summed E-state index contributed by atoms with van der Waals surface area (Å²) in [6, 6.07) is 0.780. The van der Waals surface area contributed by atoms with Gasteiger partial charge < -0.3 is 10.1 Å². The van der Waals surface area contributed by atoms with Gasteiger partial charge in [-0.1, -0.05) is 6.92 Å². The van der Waals surface area contributed by atoms with Gasteiger partial charge in [0, 0.05) is 19.7 Å². The zero-order valence-electron chi connectivity index (χ0n) is 8.81. The summed E-state index contributed by atoms with van der Waals surface area (Å²) in [5.74, 6) is 0.942. The minimum absolute atomic E-state index is 0.207. The Morgan fingerprint density at radius 1 is 1.38 bits per heavy atom. The van der Waals surface area contributed by atoms with Crippen LogP contribution in [0.4, 0.5) is 0 Å². The highest BCUT2D eigenvalue weighted by molar-refractivity contribution is 4.94. The highest BCUT2D eigenvalue weighted by Gasteiger charge is 2.38. The van der Waals surface area contributed by atoms with Crippen molar-refractivity contribution >= 4 is 0 Å². The quantitative estimate of drug-likeness (QED) is 0.719. The van der Waals surface area contributed by atoms with Crippen LogP contribution in [0.15, 0.2) is 0 Å². The molecule has 0 spiro atoms. The first kappa shape index (κ1) is 9.47. The molecular formula is C11H21NO. The maximum atomic E-state index is 5.56. The Bertz CT molecular complexity index is 165. The highest BCUT2D eigenvalue weighted by atomic mass is 16.5. The lowest BCUT2D eigenvalue weighted by molar-refractivity contribution is -0.0729. The highest BCUT2D eigenvalue weighted by Crippen LogP contribution is 2.35. The number of nitrogens with one attached hydrogen (secondary N) is 1. The summed E-state index contributed by atoms with van der Waals surface area (Å²) in [6.45, 7) is 3.40.